The average Bonchev–Trinajstić information content (AvgIpc) is 2.97. The van der Waals surface area contributed by atoms with E-state index in [1.807, 2.05) is 0 Å². The largest absolute Gasteiger partial charge is 0.411 e. The molecule has 0 atom stereocenters. The standard InChI is InChI=1S/C13H16N6O3/c1-7-10(4-14-11(5-20)16-7)12(21)17-8-2-9(3-8)18-13-19-15-6-22-13/h4,6,8-9,20H,2-3,5H2,1H3,(H,17,21)(H,18,19). The summed E-state index contributed by atoms with van der Waals surface area (Å²) in [5.74, 6) is 0.102. The molecule has 22 heavy (non-hydrogen) atoms. The molecule has 2 aromatic heterocycles. The first-order valence-corrected chi connectivity index (χ1v) is 6.92. The summed E-state index contributed by atoms with van der Waals surface area (Å²) in [6.07, 6.45) is 4.26. The van der Waals surface area contributed by atoms with Gasteiger partial charge in [-0.15, -0.1) is 5.10 Å². The van der Waals surface area contributed by atoms with Crippen LogP contribution in [0, 0.1) is 6.92 Å². The molecule has 0 unspecified atom stereocenters. The predicted octanol–water partition coefficient (Wildman–Crippen LogP) is 0.0332. The fourth-order valence-corrected chi connectivity index (χ4v) is 2.34. The van der Waals surface area contributed by atoms with Crippen LogP contribution in [0.2, 0.25) is 0 Å². The Kier molecular flexibility index (Phi) is 3.96. The fraction of sp³-hybridized carbons (Fsp3) is 0.462. The van der Waals surface area contributed by atoms with Crippen molar-refractivity contribution < 1.29 is 14.3 Å². The molecule has 9 heteroatoms. The Hall–Kier alpha value is -2.55. The number of nitrogens with zero attached hydrogens (tertiary/aromatic N) is 4. The Morgan fingerprint density at radius 1 is 1.45 bits per heavy atom. The Labute approximate surface area is 126 Å². The highest BCUT2D eigenvalue weighted by molar-refractivity contribution is 5.95. The van der Waals surface area contributed by atoms with Gasteiger partial charge in [-0.25, -0.2) is 9.97 Å². The molecule has 3 rings (SSSR count). The topological polar surface area (TPSA) is 126 Å². The number of rotatable bonds is 5. The summed E-state index contributed by atoms with van der Waals surface area (Å²) < 4.78 is 5.01. The highest BCUT2D eigenvalue weighted by atomic mass is 16.4. The van der Waals surface area contributed by atoms with Gasteiger partial charge in [0.2, 0.25) is 6.39 Å². The number of nitrogens with one attached hydrogen (secondary N) is 2. The van der Waals surface area contributed by atoms with Crippen molar-refractivity contribution in [2.75, 3.05) is 5.32 Å². The van der Waals surface area contributed by atoms with E-state index < -0.39 is 0 Å². The Bertz CT molecular complexity index is 654. The van der Waals surface area contributed by atoms with Gasteiger partial charge < -0.3 is 20.2 Å². The summed E-state index contributed by atoms with van der Waals surface area (Å²) in [4.78, 5) is 20.2. The van der Waals surface area contributed by atoms with E-state index in [1.54, 1.807) is 6.92 Å². The van der Waals surface area contributed by atoms with Crippen molar-refractivity contribution in [3.05, 3.63) is 29.7 Å². The van der Waals surface area contributed by atoms with Crippen molar-refractivity contribution in [3.8, 4) is 0 Å². The molecule has 9 nitrogen and oxygen atoms in total. The first-order chi connectivity index (χ1) is 10.7. The van der Waals surface area contributed by atoms with Crippen LogP contribution in [-0.2, 0) is 6.61 Å². The van der Waals surface area contributed by atoms with Crippen LogP contribution in [0.3, 0.4) is 0 Å². The van der Waals surface area contributed by atoms with Crippen LogP contribution in [0.25, 0.3) is 0 Å². The molecular formula is C13H16N6O3. The number of hydrogen-bond acceptors (Lipinski definition) is 8. The Morgan fingerprint density at radius 2 is 2.27 bits per heavy atom. The maximum Gasteiger partial charge on any atom is 0.315 e. The second-order valence-electron chi connectivity index (χ2n) is 5.17. The molecule has 116 valence electrons. The lowest BCUT2D eigenvalue weighted by molar-refractivity contribution is 0.0911. The number of carbonyl (C=O) groups excluding carboxylic acids is 1. The molecule has 1 aliphatic rings. The molecule has 0 bridgehead atoms. The van der Waals surface area contributed by atoms with Crippen molar-refractivity contribution in [3.63, 3.8) is 0 Å². The molecule has 1 amide bonds. The third-order valence-electron chi connectivity index (χ3n) is 3.58. The van der Waals surface area contributed by atoms with Crippen LogP contribution in [0.5, 0.6) is 0 Å². The molecule has 1 aliphatic carbocycles. The van der Waals surface area contributed by atoms with E-state index in [4.69, 9.17) is 9.52 Å². The highest BCUT2D eigenvalue weighted by Crippen LogP contribution is 2.23. The first-order valence-electron chi connectivity index (χ1n) is 6.92. The van der Waals surface area contributed by atoms with Gasteiger partial charge in [0, 0.05) is 18.3 Å². The maximum absolute atomic E-state index is 12.2. The molecule has 1 saturated carbocycles. The second kappa shape index (κ2) is 6.06. The van der Waals surface area contributed by atoms with Gasteiger partial charge in [-0.3, -0.25) is 4.79 Å². The Morgan fingerprint density at radius 3 is 2.91 bits per heavy atom. The molecule has 0 radical (unpaired) electrons. The zero-order chi connectivity index (χ0) is 15.5. The van der Waals surface area contributed by atoms with Crippen molar-refractivity contribution in [2.45, 2.75) is 38.5 Å². The van der Waals surface area contributed by atoms with E-state index in [0.29, 0.717) is 23.1 Å². The van der Waals surface area contributed by atoms with Crippen LogP contribution < -0.4 is 10.6 Å². The van der Waals surface area contributed by atoms with Crippen molar-refractivity contribution >= 4 is 11.9 Å². The number of aliphatic hydroxyl groups is 1. The van der Waals surface area contributed by atoms with E-state index in [9.17, 15) is 4.79 Å². The number of carbonyl (C=O) groups is 1. The van der Waals surface area contributed by atoms with Gasteiger partial charge in [0.05, 0.1) is 11.3 Å². The predicted molar refractivity (Wildman–Crippen MR) is 74.9 cm³/mol. The summed E-state index contributed by atoms with van der Waals surface area (Å²) in [6.45, 7) is 1.48. The third kappa shape index (κ3) is 3.03. The minimum absolute atomic E-state index is 0.0878. The number of aromatic nitrogens is 4. The van der Waals surface area contributed by atoms with Crippen LogP contribution in [0.4, 0.5) is 6.01 Å². The maximum atomic E-state index is 12.2. The van der Waals surface area contributed by atoms with Gasteiger partial charge in [-0.2, -0.15) is 0 Å². The van der Waals surface area contributed by atoms with Gasteiger partial charge in [-0.05, 0) is 19.8 Å². The lowest BCUT2D eigenvalue weighted by Gasteiger charge is -2.35. The summed E-state index contributed by atoms with van der Waals surface area (Å²) in [5, 5.41) is 22.3. The summed E-state index contributed by atoms with van der Waals surface area (Å²) in [6, 6.07) is 0.684. The lowest BCUT2D eigenvalue weighted by atomic mass is 9.86. The zero-order valence-corrected chi connectivity index (χ0v) is 12.0. The molecule has 0 spiro atoms. The van der Waals surface area contributed by atoms with Crippen LogP contribution in [0.1, 0.15) is 34.7 Å². The van der Waals surface area contributed by atoms with E-state index in [1.165, 1.54) is 12.6 Å². The number of amides is 1. The minimum Gasteiger partial charge on any atom is -0.411 e. The summed E-state index contributed by atoms with van der Waals surface area (Å²) in [7, 11) is 0. The molecule has 2 aromatic rings. The number of hydrogen-bond donors (Lipinski definition) is 3. The lowest BCUT2D eigenvalue weighted by Crippen LogP contribution is -2.49. The highest BCUT2D eigenvalue weighted by Gasteiger charge is 2.31. The molecule has 0 aromatic carbocycles. The van der Waals surface area contributed by atoms with Gasteiger partial charge in [0.25, 0.3) is 5.91 Å². The number of anilines is 1. The van der Waals surface area contributed by atoms with Crippen LogP contribution >= 0.6 is 0 Å². The zero-order valence-electron chi connectivity index (χ0n) is 12.0. The Balaban J connectivity index is 1.51. The molecular weight excluding hydrogens is 288 g/mol. The van der Waals surface area contributed by atoms with E-state index in [0.717, 1.165) is 12.8 Å². The van der Waals surface area contributed by atoms with Crippen molar-refractivity contribution in [1.29, 1.82) is 0 Å². The SMILES string of the molecule is Cc1nc(CO)ncc1C(=O)NC1CC(Nc2nnco2)C1. The first kappa shape index (κ1) is 14.4. The van der Waals surface area contributed by atoms with Crippen LogP contribution in [-0.4, -0.2) is 43.3 Å². The summed E-state index contributed by atoms with van der Waals surface area (Å²) >= 11 is 0. The van der Waals surface area contributed by atoms with Crippen molar-refractivity contribution in [1.82, 2.24) is 25.5 Å². The number of aryl methyl sites for hydroxylation is 1. The van der Waals surface area contributed by atoms with Crippen LogP contribution in [0.15, 0.2) is 17.0 Å². The third-order valence-corrected chi connectivity index (χ3v) is 3.58. The van der Waals surface area contributed by atoms with E-state index in [-0.39, 0.29) is 24.6 Å². The van der Waals surface area contributed by atoms with Crippen molar-refractivity contribution in [2.24, 2.45) is 0 Å². The minimum atomic E-state index is -0.242. The average molecular weight is 304 g/mol. The molecule has 3 N–H and O–H groups in total. The monoisotopic (exact) mass is 304 g/mol. The second-order valence-corrected chi connectivity index (χ2v) is 5.17. The molecule has 0 saturated heterocycles. The smallest absolute Gasteiger partial charge is 0.315 e. The molecule has 0 aliphatic heterocycles. The summed E-state index contributed by atoms with van der Waals surface area (Å²) in [5.41, 5.74) is 0.974. The van der Waals surface area contributed by atoms with Gasteiger partial charge in [-0.1, -0.05) is 5.10 Å². The normalized spacial score (nSPS) is 20.3. The molecule has 1 fully saturated rings. The van der Waals surface area contributed by atoms with Gasteiger partial charge >= 0.3 is 6.01 Å². The van der Waals surface area contributed by atoms with Gasteiger partial charge in [0.1, 0.15) is 6.61 Å². The molecule has 2 heterocycles. The van der Waals surface area contributed by atoms with E-state index in [2.05, 4.69) is 30.8 Å². The van der Waals surface area contributed by atoms with E-state index >= 15 is 0 Å². The fourth-order valence-electron chi connectivity index (χ4n) is 2.34. The quantitative estimate of drug-likeness (QED) is 0.706. The number of aliphatic hydroxyl groups excluding tert-OH is 1. The van der Waals surface area contributed by atoms with Gasteiger partial charge in [0.15, 0.2) is 5.82 Å².